The van der Waals surface area contributed by atoms with Gasteiger partial charge in [-0.05, 0) is 27.7 Å². The van der Waals surface area contributed by atoms with E-state index in [0.717, 1.165) is 17.3 Å². The second-order valence-corrected chi connectivity index (χ2v) is 7.03. The highest BCUT2D eigenvalue weighted by atomic mass is 16.5. The number of hydrogen-bond donors (Lipinski definition) is 0. The monoisotopic (exact) mass is 374 g/mol. The topological polar surface area (TPSA) is 95.1 Å². The molecule has 1 aliphatic heterocycles. The summed E-state index contributed by atoms with van der Waals surface area (Å²) in [4.78, 5) is 26.3. The molecule has 0 bridgehead atoms. The molecule has 0 spiro atoms. The van der Waals surface area contributed by atoms with E-state index >= 15 is 0 Å². The number of fused-ring (bicyclic) bond motifs is 1. The largest absolute Gasteiger partial charge is 0.377 e. The Hall–Kier alpha value is -2.55. The lowest BCUT2D eigenvalue weighted by Crippen LogP contribution is -2.41. The molecule has 0 fully saturated rings. The van der Waals surface area contributed by atoms with Crippen molar-refractivity contribution in [3.05, 3.63) is 28.6 Å². The van der Waals surface area contributed by atoms with E-state index < -0.39 is 0 Å². The lowest BCUT2D eigenvalue weighted by molar-refractivity contribution is -0.133. The Morgan fingerprint density at radius 2 is 2.00 bits per heavy atom. The van der Waals surface area contributed by atoms with Crippen molar-refractivity contribution in [2.45, 2.75) is 59.9 Å². The molecule has 9 heteroatoms. The third-order valence-corrected chi connectivity index (χ3v) is 4.99. The summed E-state index contributed by atoms with van der Waals surface area (Å²) in [6.07, 6.45) is 0.324. The zero-order valence-corrected chi connectivity index (χ0v) is 16.5. The molecular formula is C18H26N6O3. The van der Waals surface area contributed by atoms with Crippen LogP contribution in [0.5, 0.6) is 0 Å². The molecule has 9 nitrogen and oxygen atoms in total. The van der Waals surface area contributed by atoms with E-state index in [1.807, 2.05) is 30.2 Å². The van der Waals surface area contributed by atoms with Crippen molar-refractivity contribution in [3.8, 4) is 0 Å². The third kappa shape index (κ3) is 3.64. The van der Waals surface area contributed by atoms with Gasteiger partial charge < -0.3 is 14.2 Å². The summed E-state index contributed by atoms with van der Waals surface area (Å²) in [6, 6.07) is 0.0934. The van der Waals surface area contributed by atoms with Crippen LogP contribution in [0.2, 0.25) is 0 Å². The van der Waals surface area contributed by atoms with Crippen LogP contribution < -0.4 is 0 Å². The average Bonchev–Trinajstić information content (AvgIpc) is 3.14. The predicted molar refractivity (Wildman–Crippen MR) is 97.2 cm³/mol. The summed E-state index contributed by atoms with van der Waals surface area (Å²) in [5.74, 6) is 1.60. The highest BCUT2D eigenvalue weighted by molar-refractivity contribution is 5.96. The second-order valence-electron chi connectivity index (χ2n) is 7.03. The van der Waals surface area contributed by atoms with E-state index in [-0.39, 0.29) is 17.7 Å². The molecule has 2 aromatic heterocycles. The summed E-state index contributed by atoms with van der Waals surface area (Å²) >= 11 is 0. The molecule has 0 saturated heterocycles. The molecule has 0 aliphatic carbocycles. The van der Waals surface area contributed by atoms with Crippen LogP contribution >= 0.6 is 0 Å². The van der Waals surface area contributed by atoms with E-state index in [9.17, 15) is 9.59 Å². The van der Waals surface area contributed by atoms with Crippen LogP contribution in [0.25, 0.3) is 0 Å². The number of amides is 1. The summed E-state index contributed by atoms with van der Waals surface area (Å²) in [7, 11) is 1.63. The van der Waals surface area contributed by atoms with E-state index in [2.05, 4.69) is 15.3 Å². The molecule has 27 heavy (non-hydrogen) atoms. The van der Waals surface area contributed by atoms with Gasteiger partial charge in [-0.3, -0.25) is 14.3 Å². The fourth-order valence-corrected chi connectivity index (χ4v) is 3.81. The number of rotatable bonds is 6. The molecular weight excluding hydrogens is 348 g/mol. The summed E-state index contributed by atoms with van der Waals surface area (Å²) in [5.41, 5.74) is 2.16. The normalized spacial score (nSPS) is 16.5. The van der Waals surface area contributed by atoms with Crippen molar-refractivity contribution in [2.24, 2.45) is 0 Å². The first-order valence-corrected chi connectivity index (χ1v) is 9.07. The van der Waals surface area contributed by atoms with Gasteiger partial charge in [0.05, 0.1) is 23.8 Å². The van der Waals surface area contributed by atoms with E-state index in [4.69, 9.17) is 4.74 Å². The average molecular weight is 374 g/mol. The molecule has 2 aromatic rings. The Morgan fingerprint density at radius 3 is 2.63 bits per heavy atom. The van der Waals surface area contributed by atoms with Gasteiger partial charge in [-0.25, -0.2) is 0 Å². The third-order valence-electron chi connectivity index (χ3n) is 4.99. The van der Waals surface area contributed by atoms with Crippen LogP contribution in [0.15, 0.2) is 0 Å². The predicted octanol–water partition coefficient (Wildman–Crippen LogP) is 1.43. The first kappa shape index (κ1) is 19.2. The van der Waals surface area contributed by atoms with Crippen LogP contribution in [-0.2, 0) is 29.2 Å². The van der Waals surface area contributed by atoms with Crippen molar-refractivity contribution in [1.82, 2.24) is 29.4 Å². The number of carbonyl (C=O) groups excluding carboxylic acids is 2. The fraction of sp³-hybridized carbons (Fsp3) is 0.611. The minimum absolute atomic E-state index is 0.00127. The number of aryl methyl sites for hydroxylation is 2. The molecule has 3 rings (SSSR count). The minimum atomic E-state index is -0.00127. The minimum Gasteiger partial charge on any atom is -0.377 e. The van der Waals surface area contributed by atoms with E-state index in [0.29, 0.717) is 43.9 Å². The van der Waals surface area contributed by atoms with Gasteiger partial charge in [-0.1, -0.05) is 0 Å². The molecule has 3 heterocycles. The first-order valence-electron chi connectivity index (χ1n) is 9.07. The molecule has 0 saturated carbocycles. The van der Waals surface area contributed by atoms with E-state index in [1.54, 1.807) is 11.8 Å². The molecule has 1 amide bonds. The van der Waals surface area contributed by atoms with Gasteiger partial charge in [-0.2, -0.15) is 5.10 Å². The fourth-order valence-electron chi connectivity index (χ4n) is 3.81. The summed E-state index contributed by atoms with van der Waals surface area (Å²) in [5, 5.41) is 12.8. The maximum absolute atomic E-state index is 12.7. The van der Waals surface area contributed by atoms with E-state index in [1.165, 1.54) is 6.92 Å². The Bertz CT molecular complexity index is 869. The van der Waals surface area contributed by atoms with Crippen LogP contribution in [0.3, 0.4) is 0 Å². The van der Waals surface area contributed by atoms with Crippen molar-refractivity contribution in [2.75, 3.05) is 13.7 Å². The van der Waals surface area contributed by atoms with Crippen LogP contribution in [-0.4, -0.2) is 54.8 Å². The van der Waals surface area contributed by atoms with Gasteiger partial charge in [-0.15, -0.1) is 10.2 Å². The van der Waals surface area contributed by atoms with Crippen molar-refractivity contribution >= 4 is 11.7 Å². The van der Waals surface area contributed by atoms with Gasteiger partial charge >= 0.3 is 0 Å². The zero-order chi connectivity index (χ0) is 19.7. The number of ketones is 1. The van der Waals surface area contributed by atoms with Gasteiger partial charge in [0.25, 0.3) is 0 Å². The number of Topliss-reactive ketones (excluding diaryl/α,β-unsaturated/α-hetero) is 1. The second kappa shape index (κ2) is 7.59. The summed E-state index contributed by atoms with van der Waals surface area (Å²) in [6.45, 7) is 9.17. The lowest BCUT2D eigenvalue weighted by atomic mass is 10.1. The van der Waals surface area contributed by atoms with Gasteiger partial charge in [0.2, 0.25) is 5.91 Å². The number of nitrogens with zero attached hydrogens (tertiary/aromatic N) is 6. The smallest absolute Gasteiger partial charge is 0.224 e. The highest BCUT2D eigenvalue weighted by Gasteiger charge is 2.29. The molecule has 0 radical (unpaired) electrons. The maximum atomic E-state index is 12.7. The van der Waals surface area contributed by atoms with Crippen LogP contribution in [0.1, 0.15) is 59.7 Å². The molecule has 1 atom stereocenters. The van der Waals surface area contributed by atoms with Crippen molar-refractivity contribution in [3.63, 3.8) is 0 Å². The molecule has 146 valence electrons. The molecule has 0 N–H and O–H groups in total. The maximum Gasteiger partial charge on any atom is 0.224 e. The standard InChI is InChI=1S/C18H26N6O3/c1-11-8-22(9-15-19-20-16(10-27-5)24(11)15)17(26)6-7-23-13(3)18(14(4)25)12(2)21-23/h11H,6-10H2,1-5H3/t11-/m0/s1. The molecule has 0 aromatic carbocycles. The van der Waals surface area contributed by atoms with Crippen molar-refractivity contribution < 1.29 is 14.3 Å². The van der Waals surface area contributed by atoms with Crippen LogP contribution in [0.4, 0.5) is 0 Å². The van der Waals surface area contributed by atoms with Crippen LogP contribution in [0, 0.1) is 13.8 Å². The lowest BCUT2D eigenvalue weighted by Gasteiger charge is -2.32. The quantitative estimate of drug-likeness (QED) is 0.710. The SMILES string of the molecule is COCc1nnc2n1[C@@H](C)CN(C(=O)CCn1nc(C)c(C(C)=O)c1C)C2. The Kier molecular flexibility index (Phi) is 5.41. The Labute approximate surface area is 158 Å². The first-order chi connectivity index (χ1) is 12.8. The summed E-state index contributed by atoms with van der Waals surface area (Å²) < 4.78 is 8.96. The zero-order valence-electron chi connectivity index (χ0n) is 16.5. The number of hydrogen-bond acceptors (Lipinski definition) is 6. The number of aromatic nitrogens is 5. The number of carbonyl (C=O) groups is 2. The Balaban J connectivity index is 1.67. The highest BCUT2D eigenvalue weighted by Crippen LogP contribution is 2.22. The van der Waals surface area contributed by atoms with Gasteiger partial charge in [0.15, 0.2) is 17.4 Å². The molecule has 0 unspecified atom stereocenters. The Morgan fingerprint density at radius 1 is 1.26 bits per heavy atom. The van der Waals surface area contributed by atoms with Gasteiger partial charge in [0, 0.05) is 32.3 Å². The van der Waals surface area contributed by atoms with Gasteiger partial charge in [0.1, 0.15) is 6.61 Å². The number of ether oxygens (including phenoxy) is 1. The molecule has 1 aliphatic rings. The van der Waals surface area contributed by atoms with Crippen molar-refractivity contribution in [1.29, 1.82) is 0 Å². The number of methoxy groups -OCH3 is 1.